The number of pyridine rings is 1. The zero-order valence-corrected chi connectivity index (χ0v) is 23.6. The molecule has 4 aromatic rings. The quantitative estimate of drug-likeness (QED) is 0.335. The summed E-state index contributed by atoms with van der Waals surface area (Å²) in [5.74, 6) is 0.508. The maximum atomic E-state index is 12.7. The molecule has 0 unspecified atom stereocenters. The molecule has 0 atom stereocenters. The zero-order valence-electron chi connectivity index (χ0n) is 22.7. The van der Waals surface area contributed by atoms with Crippen molar-refractivity contribution in [3.8, 4) is 6.07 Å². The Morgan fingerprint density at radius 2 is 1.98 bits per heavy atom. The maximum Gasteiger partial charge on any atom is 0.247 e. The van der Waals surface area contributed by atoms with Gasteiger partial charge in [0.15, 0.2) is 5.65 Å². The molecular weight excluding hydrogens is 524 g/mol. The number of nitrogens with one attached hydrogen (secondary N) is 1. The summed E-state index contributed by atoms with van der Waals surface area (Å²) < 4.78 is 3.39. The molecule has 0 spiro atoms. The molecule has 2 aliphatic rings. The van der Waals surface area contributed by atoms with E-state index in [-0.39, 0.29) is 17.9 Å². The summed E-state index contributed by atoms with van der Waals surface area (Å²) >= 11 is 4.77. The third kappa shape index (κ3) is 4.87. The van der Waals surface area contributed by atoms with Crippen molar-refractivity contribution in [3.63, 3.8) is 0 Å². The lowest BCUT2D eigenvalue weighted by molar-refractivity contribution is -0.133. The largest absolute Gasteiger partial charge is 0.366 e. The topological polar surface area (TPSA) is 111 Å². The number of fused-ring (bicyclic) bond motifs is 1. The lowest BCUT2D eigenvalue weighted by Gasteiger charge is -2.51. The average molecular weight is 557 g/mol. The highest BCUT2D eigenvalue weighted by atomic mass is 32.1. The number of aryl methyl sites for hydroxylation is 1. The highest BCUT2D eigenvalue weighted by molar-refractivity contribution is 7.80. The molecule has 11 nitrogen and oxygen atoms in total. The molecule has 40 heavy (non-hydrogen) atoms. The Bertz CT molecular complexity index is 1590. The number of carbonyl (C=O) groups excluding carboxylic acids is 1. The van der Waals surface area contributed by atoms with Gasteiger partial charge in [0, 0.05) is 68.4 Å². The van der Waals surface area contributed by atoms with E-state index < -0.39 is 0 Å². The van der Waals surface area contributed by atoms with Gasteiger partial charge in [0.05, 0.1) is 23.6 Å². The third-order valence-electron chi connectivity index (χ3n) is 7.94. The number of piperazine rings is 1. The molecule has 2 fully saturated rings. The van der Waals surface area contributed by atoms with E-state index in [4.69, 9.17) is 17.6 Å². The molecule has 12 heteroatoms. The number of nitrogens with zero attached hydrogens (tertiary/aromatic N) is 9. The molecule has 2 saturated heterocycles. The summed E-state index contributed by atoms with van der Waals surface area (Å²) in [5, 5.41) is 21.8. The molecule has 0 bridgehead atoms. The predicted molar refractivity (Wildman–Crippen MR) is 155 cm³/mol. The number of hydrogen-bond donors (Lipinski definition) is 2. The van der Waals surface area contributed by atoms with Crippen molar-refractivity contribution in [2.24, 2.45) is 0 Å². The molecule has 1 aromatic carbocycles. The summed E-state index contributed by atoms with van der Waals surface area (Å²) in [6.07, 6.45) is 5.75. The third-order valence-corrected chi connectivity index (χ3v) is 8.53. The average Bonchev–Trinajstić information content (AvgIpc) is 3.54. The van der Waals surface area contributed by atoms with Crippen LogP contribution in [0.3, 0.4) is 0 Å². The van der Waals surface area contributed by atoms with Crippen LogP contribution in [0.2, 0.25) is 0 Å². The SMILES string of the molecule is Cc1cccc(C2(CC#N)CN(c3cccn4nc(Nc5cnn(CC(=O)N6CCN(C)CC6)c5)nc34)C2)c1S. The van der Waals surface area contributed by atoms with Gasteiger partial charge in [-0.25, -0.2) is 4.52 Å². The first kappa shape index (κ1) is 26.2. The summed E-state index contributed by atoms with van der Waals surface area (Å²) in [7, 11) is 2.07. The van der Waals surface area contributed by atoms with Crippen LogP contribution in [-0.2, 0) is 16.8 Å². The highest BCUT2D eigenvalue weighted by Gasteiger charge is 2.46. The summed E-state index contributed by atoms with van der Waals surface area (Å²) in [6.45, 7) is 6.89. The lowest BCUT2D eigenvalue weighted by atomic mass is 9.71. The highest BCUT2D eigenvalue weighted by Crippen LogP contribution is 2.44. The Hall–Kier alpha value is -4.08. The lowest BCUT2D eigenvalue weighted by Crippen LogP contribution is -2.59. The van der Waals surface area contributed by atoms with Crippen LogP contribution in [0.5, 0.6) is 0 Å². The number of aromatic nitrogens is 5. The molecule has 0 aliphatic carbocycles. The fourth-order valence-corrected chi connectivity index (χ4v) is 5.99. The number of carbonyl (C=O) groups is 1. The Kier molecular flexibility index (Phi) is 6.85. The number of nitriles is 1. The van der Waals surface area contributed by atoms with Crippen molar-refractivity contribution in [1.82, 2.24) is 34.2 Å². The van der Waals surface area contributed by atoms with Gasteiger partial charge in [0.1, 0.15) is 6.54 Å². The van der Waals surface area contributed by atoms with E-state index in [0.29, 0.717) is 31.1 Å². The standard InChI is InChI=1S/C28H32N10OS/c1-20-5-3-6-22(25(20)40)28(8-9-29)18-36(19-28)23-7-4-10-38-26(23)32-27(33-38)31-21-15-30-37(16-21)17-24(39)35-13-11-34(2)12-14-35/h3-7,10,15-16,40H,8,11-14,17-19H2,1-2H3,(H,31,33). The van der Waals surface area contributed by atoms with E-state index >= 15 is 0 Å². The molecule has 1 N–H and O–H groups in total. The van der Waals surface area contributed by atoms with Crippen LogP contribution in [0.4, 0.5) is 17.3 Å². The van der Waals surface area contributed by atoms with Gasteiger partial charge in [-0.05, 0) is 37.2 Å². The van der Waals surface area contributed by atoms with Gasteiger partial charge in [0.2, 0.25) is 11.9 Å². The Balaban J connectivity index is 1.16. The first-order chi connectivity index (χ1) is 19.3. The van der Waals surface area contributed by atoms with Gasteiger partial charge in [-0.2, -0.15) is 15.3 Å². The Morgan fingerprint density at radius 3 is 2.75 bits per heavy atom. The molecular formula is C28H32N10OS. The number of amides is 1. The number of likely N-dealkylation sites (N-methyl/N-ethyl adjacent to an activating group) is 1. The second kappa shape index (κ2) is 10.5. The maximum absolute atomic E-state index is 12.7. The van der Waals surface area contributed by atoms with E-state index in [2.05, 4.69) is 44.5 Å². The van der Waals surface area contributed by atoms with Gasteiger partial charge >= 0.3 is 0 Å². The number of anilines is 3. The minimum Gasteiger partial charge on any atom is -0.366 e. The van der Waals surface area contributed by atoms with Crippen molar-refractivity contribution >= 4 is 41.5 Å². The predicted octanol–water partition coefficient (Wildman–Crippen LogP) is 2.71. The van der Waals surface area contributed by atoms with Gasteiger partial charge in [-0.3, -0.25) is 9.48 Å². The second-order valence-corrected chi connectivity index (χ2v) is 11.2. The van der Waals surface area contributed by atoms with Crippen LogP contribution < -0.4 is 10.2 Å². The van der Waals surface area contributed by atoms with Crippen molar-refractivity contribution in [1.29, 1.82) is 5.26 Å². The van der Waals surface area contributed by atoms with Gasteiger partial charge in [0.25, 0.3) is 0 Å². The Labute approximate surface area is 238 Å². The number of thiol groups is 1. The van der Waals surface area contributed by atoms with Gasteiger partial charge < -0.3 is 20.0 Å². The summed E-state index contributed by atoms with van der Waals surface area (Å²) in [4.78, 5) is 24.7. The molecule has 0 radical (unpaired) electrons. The monoisotopic (exact) mass is 556 g/mol. The van der Waals surface area contributed by atoms with Gasteiger partial charge in [-0.1, -0.05) is 18.2 Å². The molecule has 2 aliphatic heterocycles. The van der Waals surface area contributed by atoms with E-state index in [1.54, 1.807) is 21.6 Å². The number of hydrogen-bond acceptors (Lipinski definition) is 9. The van der Waals surface area contributed by atoms with Crippen molar-refractivity contribution in [2.45, 2.75) is 30.2 Å². The normalized spacial score (nSPS) is 17.1. The molecule has 5 heterocycles. The van der Waals surface area contributed by atoms with E-state index in [1.165, 1.54) is 0 Å². The smallest absolute Gasteiger partial charge is 0.247 e. The molecule has 3 aromatic heterocycles. The summed E-state index contributed by atoms with van der Waals surface area (Å²) in [6, 6.07) is 12.5. The second-order valence-electron chi connectivity index (χ2n) is 10.8. The zero-order chi connectivity index (χ0) is 27.9. The molecule has 0 saturated carbocycles. The van der Waals surface area contributed by atoms with Gasteiger partial charge in [-0.15, -0.1) is 17.7 Å². The Morgan fingerprint density at radius 1 is 1.18 bits per heavy atom. The number of benzene rings is 1. The van der Waals surface area contributed by atoms with E-state index in [0.717, 1.165) is 53.5 Å². The minimum absolute atomic E-state index is 0.0657. The van der Waals surface area contributed by atoms with Crippen molar-refractivity contribution in [3.05, 3.63) is 60.0 Å². The van der Waals surface area contributed by atoms with Crippen LogP contribution >= 0.6 is 12.6 Å². The van der Waals surface area contributed by atoms with E-state index in [9.17, 15) is 10.1 Å². The first-order valence-corrected chi connectivity index (χ1v) is 13.8. The summed E-state index contributed by atoms with van der Waals surface area (Å²) in [5.41, 5.74) is 4.34. The van der Waals surface area contributed by atoms with Crippen LogP contribution in [0.15, 0.2) is 53.8 Å². The van der Waals surface area contributed by atoms with Crippen LogP contribution in [0.25, 0.3) is 5.65 Å². The molecule has 1 amide bonds. The first-order valence-electron chi connectivity index (χ1n) is 13.4. The number of rotatable bonds is 7. The van der Waals surface area contributed by atoms with Crippen molar-refractivity contribution in [2.75, 3.05) is 56.5 Å². The van der Waals surface area contributed by atoms with Crippen LogP contribution in [0, 0.1) is 18.3 Å². The fourth-order valence-electron chi connectivity index (χ4n) is 5.60. The molecule has 206 valence electrons. The van der Waals surface area contributed by atoms with E-state index in [1.807, 2.05) is 42.3 Å². The minimum atomic E-state index is -0.276. The molecule has 6 rings (SSSR count). The van der Waals surface area contributed by atoms with Crippen LogP contribution in [0.1, 0.15) is 17.5 Å². The van der Waals surface area contributed by atoms with Crippen molar-refractivity contribution < 1.29 is 4.79 Å². The fraction of sp³-hybridized carbons (Fsp3) is 0.393. The van der Waals surface area contributed by atoms with Crippen LogP contribution in [-0.4, -0.2) is 86.4 Å².